The molecule has 5 rings (SSSR count). The number of hydrogen-bond donors (Lipinski definition) is 1. The molecule has 0 bridgehead atoms. The highest BCUT2D eigenvalue weighted by Gasteiger charge is 2.33. The van der Waals surface area contributed by atoms with Crippen molar-refractivity contribution in [2.45, 2.75) is 94.9 Å². The molecule has 11 heteroatoms. The number of carbonyl (C=O) groups is 1. The minimum atomic E-state index is -4.38. The second-order valence-corrected chi connectivity index (χ2v) is 11.6. The number of nitrogens with zero attached hydrogens (tertiary/aromatic N) is 3. The van der Waals surface area contributed by atoms with Crippen molar-refractivity contribution >= 4 is 5.91 Å². The van der Waals surface area contributed by atoms with Crippen molar-refractivity contribution in [3.8, 4) is 0 Å². The maximum absolute atomic E-state index is 13.4. The molecule has 1 aromatic heterocycles. The number of aromatic nitrogens is 2. The van der Waals surface area contributed by atoms with Crippen LogP contribution in [-0.4, -0.2) is 78.5 Å². The Morgan fingerprint density at radius 1 is 1.14 bits per heavy atom. The topological polar surface area (TPSA) is 85.8 Å². The quantitative estimate of drug-likeness (QED) is 0.461. The summed E-state index contributed by atoms with van der Waals surface area (Å²) in [7, 11) is 1.72. The molecule has 0 saturated carbocycles. The number of likely N-dealkylation sites (tertiary alicyclic amines) is 1. The van der Waals surface area contributed by atoms with Crippen molar-refractivity contribution in [2.24, 2.45) is 0 Å². The lowest BCUT2D eigenvalue weighted by Crippen LogP contribution is -2.54. The van der Waals surface area contributed by atoms with Gasteiger partial charge in [0, 0.05) is 50.1 Å². The van der Waals surface area contributed by atoms with Gasteiger partial charge in [-0.3, -0.25) is 4.79 Å². The number of aryl methyl sites for hydroxylation is 1. The number of piperidine rings is 1. The standard InChI is InChI=1S/C31H41F3N4O4/c1-20-25(10-9-24-7-4-8-27(42-24)21-5-3-6-22(17-21)31(32,33)34)35-19-36-29(20)30(39)38-14-11-23(12-15-38)37-26-13-16-41-18-28(26)40-2/h3,5-6,17,19,23-24,26-28,37H,4,7-16,18H2,1-2H3/t24-,26-,27+,28+/m0/s1. The van der Waals surface area contributed by atoms with Gasteiger partial charge < -0.3 is 24.4 Å². The lowest BCUT2D eigenvalue weighted by atomic mass is 9.94. The van der Waals surface area contributed by atoms with Gasteiger partial charge in [0.1, 0.15) is 12.0 Å². The van der Waals surface area contributed by atoms with Crippen molar-refractivity contribution in [1.29, 1.82) is 0 Å². The highest BCUT2D eigenvalue weighted by Crippen LogP contribution is 2.36. The van der Waals surface area contributed by atoms with E-state index in [1.165, 1.54) is 18.5 Å². The number of amides is 1. The lowest BCUT2D eigenvalue weighted by Gasteiger charge is -2.38. The summed E-state index contributed by atoms with van der Waals surface area (Å²) in [6.45, 7) is 4.53. The fraction of sp³-hybridized carbons (Fsp3) is 0.645. The number of ether oxygens (including phenoxy) is 3. The summed E-state index contributed by atoms with van der Waals surface area (Å²) in [5, 5.41) is 3.72. The second-order valence-electron chi connectivity index (χ2n) is 11.6. The van der Waals surface area contributed by atoms with Crippen molar-refractivity contribution in [3.63, 3.8) is 0 Å². The predicted molar refractivity (Wildman–Crippen MR) is 150 cm³/mol. The number of benzene rings is 1. The SMILES string of the molecule is CO[C@@H]1COCC[C@@H]1NC1CCN(C(=O)c2ncnc(CC[C@@H]3CCC[C@H](c4cccc(C(F)(F)F)c4)O3)c2C)CC1. The fourth-order valence-electron chi connectivity index (χ4n) is 6.36. The number of nitrogens with one attached hydrogen (secondary N) is 1. The van der Waals surface area contributed by atoms with E-state index in [4.69, 9.17) is 14.2 Å². The monoisotopic (exact) mass is 590 g/mol. The predicted octanol–water partition coefficient (Wildman–Crippen LogP) is 5.04. The van der Waals surface area contributed by atoms with E-state index in [2.05, 4.69) is 15.3 Å². The van der Waals surface area contributed by atoms with Gasteiger partial charge in [-0.25, -0.2) is 9.97 Å². The molecule has 3 aliphatic heterocycles. The van der Waals surface area contributed by atoms with E-state index in [9.17, 15) is 18.0 Å². The smallest absolute Gasteiger partial charge is 0.379 e. The van der Waals surface area contributed by atoms with Crippen molar-refractivity contribution in [1.82, 2.24) is 20.2 Å². The molecule has 4 heterocycles. The number of methoxy groups -OCH3 is 1. The van der Waals surface area contributed by atoms with Crippen LogP contribution in [0.15, 0.2) is 30.6 Å². The molecular formula is C31H41F3N4O4. The zero-order valence-electron chi connectivity index (χ0n) is 24.4. The van der Waals surface area contributed by atoms with Crippen LogP contribution < -0.4 is 5.32 Å². The molecule has 0 radical (unpaired) electrons. The Bertz CT molecular complexity index is 1200. The molecule has 2 aromatic rings. The molecule has 1 N–H and O–H groups in total. The Morgan fingerprint density at radius 2 is 1.95 bits per heavy atom. The van der Waals surface area contributed by atoms with Crippen LogP contribution in [0, 0.1) is 6.92 Å². The van der Waals surface area contributed by atoms with Crippen LogP contribution >= 0.6 is 0 Å². The Morgan fingerprint density at radius 3 is 2.71 bits per heavy atom. The average molecular weight is 591 g/mol. The van der Waals surface area contributed by atoms with Gasteiger partial charge in [-0.15, -0.1) is 0 Å². The highest BCUT2D eigenvalue weighted by molar-refractivity contribution is 5.93. The van der Waals surface area contributed by atoms with Gasteiger partial charge in [0.05, 0.1) is 30.5 Å². The first-order valence-electron chi connectivity index (χ1n) is 15.0. The summed E-state index contributed by atoms with van der Waals surface area (Å²) in [5.41, 5.74) is 1.92. The summed E-state index contributed by atoms with van der Waals surface area (Å²) in [6, 6.07) is 6.01. The summed E-state index contributed by atoms with van der Waals surface area (Å²) in [6.07, 6.45) is 3.00. The maximum atomic E-state index is 13.4. The highest BCUT2D eigenvalue weighted by atomic mass is 19.4. The van der Waals surface area contributed by atoms with Crippen LogP contribution in [0.1, 0.15) is 83.9 Å². The van der Waals surface area contributed by atoms with Gasteiger partial charge in [0.2, 0.25) is 0 Å². The summed E-state index contributed by atoms with van der Waals surface area (Å²) in [5.74, 6) is -0.0750. The fourth-order valence-corrected chi connectivity index (χ4v) is 6.36. The molecule has 4 atom stereocenters. The molecule has 0 spiro atoms. The third-order valence-corrected chi connectivity index (χ3v) is 8.87. The minimum absolute atomic E-state index is 0.0472. The zero-order valence-corrected chi connectivity index (χ0v) is 24.4. The second kappa shape index (κ2) is 13.8. The van der Waals surface area contributed by atoms with E-state index in [0.29, 0.717) is 56.3 Å². The first-order valence-corrected chi connectivity index (χ1v) is 15.0. The van der Waals surface area contributed by atoms with Gasteiger partial charge in [-0.2, -0.15) is 13.2 Å². The van der Waals surface area contributed by atoms with Crippen LogP contribution in [0.2, 0.25) is 0 Å². The number of rotatable bonds is 8. The first-order chi connectivity index (χ1) is 20.2. The van der Waals surface area contributed by atoms with E-state index in [1.807, 2.05) is 11.8 Å². The van der Waals surface area contributed by atoms with Crippen LogP contribution in [-0.2, 0) is 26.8 Å². The van der Waals surface area contributed by atoms with Crippen LogP contribution in [0.4, 0.5) is 13.2 Å². The van der Waals surface area contributed by atoms with E-state index >= 15 is 0 Å². The third kappa shape index (κ3) is 7.48. The molecule has 8 nitrogen and oxygen atoms in total. The molecule has 42 heavy (non-hydrogen) atoms. The molecule has 230 valence electrons. The van der Waals surface area contributed by atoms with Gasteiger partial charge in [0.15, 0.2) is 0 Å². The van der Waals surface area contributed by atoms with Gasteiger partial charge in [-0.05, 0) is 76.0 Å². The molecule has 1 amide bonds. The van der Waals surface area contributed by atoms with Crippen LogP contribution in [0.25, 0.3) is 0 Å². The van der Waals surface area contributed by atoms with Gasteiger partial charge in [-0.1, -0.05) is 12.1 Å². The van der Waals surface area contributed by atoms with Crippen molar-refractivity contribution in [2.75, 3.05) is 33.4 Å². The summed E-state index contributed by atoms with van der Waals surface area (Å²) in [4.78, 5) is 24.1. The molecule has 3 aliphatic rings. The average Bonchev–Trinajstić information content (AvgIpc) is 3.01. The number of halogens is 3. The van der Waals surface area contributed by atoms with Crippen LogP contribution in [0.5, 0.6) is 0 Å². The maximum Gasteiger partial charge on any atom is 0.416 e. The Kier molecular flexibility index (Phi) is 10.1. The number of hydrogen-bond acceptors (Lipinski definition) is 7. The summed E-state index contributed by atoms with van der Waals surface area (Å²) < 4.78 is 57.0. The Labute approximate surface area is 245 Å². The first kappa shape index (κ1) is 30.8. The molecule has 0 unspecified atom stereocenters. The lowest BCUT2D eigenvalue weighted by molar-refractivity contribution is -0.137. The normalized spacial score (nSPS) is 25.9. The third-order valence-electron chi connectivity index (χ3n) is 8.87. The van der Waals surface area contributed by atoms with E-state index in [-0.39, 0.29) is 30.3 Å². The van der Waals surface area contributed by atoms with Gasteiger partial charge in [0.25, 0.3) is 5.91 Å². The minimum Gasteiger partial charge on any atom is -0.379 e. The van der Waals surface area contributed by atoms with Gasteiger partial charge >= 0.3 is 6.18 Å². The van der Waals surface area contributed by atoms with E-state index < -0.39 is 11.7 Å². The Balaban J connectivity index is 1.14. The number of carbonyl (C=O) groups excluding carboxylic acids is 1. The summed E-state index contributed by atoms with van der Waals surface area (Å²) >= 11 is 0. The zero-order chi connectivity index (χ0) is 29.7. The molecule has 1 aromatic carbocycles. The van der Waals surface area contributed by atoms with E-state index in [0.717, 1.165) is 56.0 Å². The van der Waals surface area contributed by atoms with Crippen LogP contribution in [0.3, 0.4) is 0 Å². The molecule has 3 fully saturated rings. The van der Waals surface area contributed by atoms with E-state index in [1.54, 1.807) is 13.2 Å². The number of alkyl halides is 3. The molecular weight excluding hydrogens is 549 g/mol. The van der Waals surface area contributed by atoms with Crippen molar-refractivity contribution in [3.05, 3.63) is 58.7 Å². The Hall–Kier alpha value is -2.60. The molecule has 3 saturated heterocycles. The molecule has 0 aliphatic carbocycles. The van der Waals surface area contributed by atoms with Crippen molar-refractivity contribution < 1.29 is 32.2 Å². The largest absolute Gasteiger partial charge is 0.416 e.